The number of carbonyl (C=O) groups is 2. The van der Waals surface area contributed by atoms with Gasteiger partial charge in [0.05, 0.1) is 12.7 Å². The average Bonchev–Trinajstić information content (AvgIpc) is 2.42. The Hall–Kier alpha value is -0.549. The zero-order chi connectivity index (χ0) is 18.9. The van der Waals surface area contributed by atoms with Gasteiger partial charge in [0.1, 0.15) is 5.60 Å². The van der Waals surface area contributed by atoms with Crippen LogP contribution in [0.25, 0.3) is 0 Å². The number of carbonyl (C=O) groups excluding carboxylic acids is 2. The van der Waals surface area contributed by atoms with Gasteiger partial charge in [-0.2, -0.15) is 0 Å². The van der Waals surface area contributed by atoms with E-state index >= 15 is 0 Å². The number of anilines is 1. The molecule has 0 saturated heterocycles. The maximum Gasteiger partial charge on any atom is 1.00 e. The number of rotatable bonds is 3. The molecule has 0 atom stereocenters. The van der Waals surface area contributed by atoms with E-state index in [9.17, 15) is 22.5 Å². The van der Waals surface area contributed by atoms with Crippen LogP contribution < -0.4 is 61.7 Å². The first-order chi connectivity index (χ1) is 10.8. The number of amides is 1. The fraction of sp³-hybridized carbons (Fsp3) is 0.467. The summed E-state index contributed by atoms with van der Waals surface area (Å²) >= 11 is 0. The summed E-state index contributed by atoms with van der Waals surface area (Å²) in [5.74, 6) is -0.921. The van der Waals surface area contributed by atoms with Crippen LogP contribution in [0.1, 0.15) is 36.7 Å². The molecule has 0 aliphatic carbocycles. The summed E-state index contributed by atoms with van der Waals surface area (Å²) in [5.41, 5.74) is -2.29. The largest absolute Gasteiger partial charge is 1.00 e. The van der Waals surface area contributed by atoms with Gasteiger partial charge in [-0.15, -0.1) is 5.46 Å². The third kappa shape index (κ3) is 6.59. The Kier molecular flexibility index (Phi) is 8.70. The van der Waals surface area contributed by atoms with E-state index in [4.69, 9.17) is 4.74 Å². The van der Waals surface area contributed by atoms with Crippen LogP contribution in [-0.2, 0) is 9.47 Å². The van der Waals surface area contributed by atoms with Gasteiger partial charge in [0.15, 0.2) is 0 Å². The number of esters is 1. The normalized spacial score (nSPS) is 11.4. The molecule has 10 heteroatoms. The van der Waals surface area contributed by atoms with E-state index in [2.05, 4.69) is 4.74 Å². The van der Waals surface area contributed by atoms with Crippen LogP contribution in [0.4, 0.5) is 23.4 Å². The Morgan fingerprint density at radius 2 is 1.68 bits per heavy atom. The topological polar surface area (TPSA) is 55.8 Å². The fourth-order valence-electron chi connectivity index (χ4n) is 2.07. The minimum Gasteiger partial charge on any atom is -0.465 e. The number of methoxy groups -OCH3 is 1. The molecule has 0 unspecified atom stereocenters. The molecule has 0 fully saturated rings. The van der Waals surface area contributed by atoms with E-state index in [-0.39, 0.29) is 68.2 Å². The van der Waals surface area contributed by atoms with Crippen LogP contribution in [0, 0.1) is 6.92 Å². The second-order valence-electron chi connectivity index (χ2n) is 6.32. The van der Waals surface area contributed by atoms with Gasteiger partial charge in [-0.05, 0) is 33.8 Å². The van der Waals surface area contributed by atoms with Gasteiger partial charge >= 0.3 is 70.4 Å². The van der Waals surface area contributed by atoms with Crippen LogP contribution in [0.15, 0.2) is 12.1 Å². The van der Waals surface area contributed by atoms with Crippen LogP contribution in [0.5, 0.6) is 0 Å². The Labute approximate surface area is 187 Å². The van der Waals surface area contributed by atoms with Crippen molar-refractivity contribution in [1.29, 1.82) is 0 Å². The molecule has 0 radical (unpaired) electrons. The van der Waals surface area contributed by atoms with Crippen LogP contribution >= 0.6 is 0 Å². The molecule has 0 aliphatic heterocycles. The van der Waals surface area contributed by atoms with Crippen molar-refractivity contribution in [1.82, 2.24) is 0 Å². The second-order valence-corrected chi connectivity index (χ2v) is 6.32. The van der Waals surface area contributed by atoms with Crippen molar-refractivity contribution in [2.45, 2.75) is 33.3 Å². The Morgan fingerprint density at radius 3 is 2.08 bits per heavy atom. The Morgan fingerprint density at radius 1 is 1.16 bits per heavy atom. The maximum absolute atomic E-state index is 13.3. The van der Waals surface area contributed by atoms with Gasteiger partial charge in [0.2, 0.25) is 0 Å². The molecular weight excluding hydrogens is 365 g/mol. The summed E-state index contributed by atoms with van der Waals surface area (Å²) in [6.45, 7) is 0.785. The smallest absolute Gasteiger partial charge is 0.465 e. The molecule has 0 spiro atoms. The van der Waals surface area contributed by atoms with Crippen LogP contribution in [-0.4, -0.2) is 38.8 Å². The quantitative estimate of drug-likeness (QED) is 0.552. The van der Waals surface area contributed by atoms with E-state index in [0.29, 0.717) is 0 Å². The number of ether oxygens (including phenoxy) is 2. The molecule has 0 saturated carbocycles. The number of hydrogen-bond acceptors (Lipinski definition) is 4. The summed E-state index contributed by atoms with van der Waals surface area (Å²) in [5, 5.41) is 0. The molecule has 1 aromatic rings. The summed E-state index contributed by atoms with van der Waals surface area (Å²) in [7, 11) is 2.35. The van der Waals surface area contributed by atoms with E-state index in [1.54, 1.807) is 20.8 Å². The zero-order valence-electron chi connectivity index (χ0n) is 15.4. The molecule has 0 heterocycles. The number of hydrogen-bond donors (Lipinski definition) is 0. The molecule has 1 rings (SSSR count). The zero-order valence-corrected chi connectivity index (χ0v) is 18.6. The predicted molar refractivity (Wildman–Crippen MR) is 85.9 cm³/mol. The minimum atomic E-state index is -5.37. The van der Waals surface area contributed by atoms with Crippen molar-refractivity contribution < 1.29 is 83.4 Å². The molecule has 1 aromatic carbocycles. The predicted octanol–water partition coefficient (Wildman–Crippen LogP) is 0.211. The number of nitrogens with zero attached hydrogens (tertiary/aromatic N) is 1. The molecule has 0 aliphatic rings. The molecule has 134 valence electrons. The Balaban J connectivity index is 0.00000576. The summed E-state index contributed by atoms with van der Waals surface area (Å²) in [6, 6.07) is 1.91. The minimum absolute atomic E-state index is 0. The van der Waals surface area contributed by atoms with Crippen molar-refractivity contribution in [3.8, 4) is 0 Å². The second kappa shape index (κ2) is 8.90. The average molecular weight is 385 g/mol. The third-order valence-corrected chi connectivity index (χ3v) is 3.22. The van der Waals surface area contributed by atoms with Crippen LogP contribution in [0.2, 0.25) is 0 Å². The first-order valence-corrected chi connectivity index (χ1v) is 7.17. The SMILES string of the molecule is COC(=O)c1cc(N(C)C(=O)OC(C)(C)C)c(C)c([B-](F)(F)F)c1.[K+]. The van der Waals surface area contributed by atoms with Crippen molar-refractivity contribution in [2.75, 3.05) is 19.1 Å². The molecule has 0 bridgehead atoms. The first kappa shape index (κ1) is 24.5. The molecule has 0 N–H and O–H groups in total. The summed E-state index contributed by atoms with van der Waals surface area (Å²) in [6.07, 6.45) is -0.826. The van der Waals surface area contributed by atoms with Gasteiger partial charge in [0.25, 0.3) is 0 Å². The van der Waals surface area contributed by atoms with Crippen LogP contribution in [0.3, 0.4) is 0 Å². The van der Waals surface area contributed by atoms with Crippen molar-refractivity contribution >= 4 is 30.2 Å². The molecule has 1 amide bonds. The Bertz CT molecular complexity index is 659. The van der Waals surface area contributed by atoms with Crippen molar-refractivity contribution in [2.24, 2.45) is 0 Å². The number of halogens is 3. The molecule has 0 aromatic heterocycles. The van der Waals surface area contributed by atoms with E-state index in [1.807, 2.05) is 0 Å². The third-order valence-electron chi connectivity index (χ3n) is 3.22. The standard InChI is InChI=1S/C15H20BF3NO4.K/c1-9-11(16(17,18)19)7-10(13(21)23-6)8-12(9)20(5)14(22)24-15(2,3)4;/h7-8H,1-6H3;/q-1;+1. The van der Waals surface area contributed by atoms with E-state index in [0.717, 1.165) is 18.1 Å². The molecular formula is C15H20BF3KNO4. The van der Waals surface area contributed by atoms with Gasteiger partial charge in [-0.1, -0.05) is 11.6 Å². The van der Waals surface area contributed by atoms with Gasteiger partial charge in [-0.3, -0.25) is 4.90 Å². The van der Waals surface area contributed by atoms with Gasteiger partial charge < -0.3 is 22.4 Å². The van der Waals surface area contributed by atoms with Gasteiger partial charge in [0, 0.05) is 12.7 Å². The fourth-order valence-corrected chi connectivity index (χ4v) is 2.07. The molecule has 25 heavy (non-hydrogen) atoms. The summed E-state index contributed by atoms with van der Waals surface area (Å²) < 4.78 is 49.5. The monoisotopic (exact) mass is 385 g/mol. The van der Waals surface area contributed by atoms with E-state index < -0.39 is 30.1 Å². The van der Waals surface area contributed by atoms with Crippen molar-refractivity contribution in [3.05, 3.63) is 23.3 Å². The summed E-state index contributed by atoms with van der Waals surface area (Å²) in [4.78, 5) is 24.7. The van der Waals surface area contributed by atoms with Crippen molar-refractivity contribution in [3.63, 3.8) is 0 Å². The number of benzene rings is 1. The van der Waals surface area contributed by atoms with Gasteiger partial charge in [-0.25, -0.2) is 9.59 Å². The first-order valence-electron chi connectivity index (χ1n) is 7.17. The van der Waals surface area contributed by atoms with E-state index in [1.165, 1.54) is 20.0 Å². The maximum atomic E-state index is 13.3. The molecule has 5 nitrogen and oxygen atoms in total.